The van der Waals surface area contributed by atoms with Crippen LogP contribution in [0.4, 0.5) is 0 Å². The zero-order valence-corrected chi connectivity index (χ0v) is 16.1. The first-order valence-electron chi connectivity index (χ1n) is 8.72. The van der Waals surface area contributed by atoms with E-state index in [4.69, 9.17) is 0 Å². The van der Waals surface area contributed by atoms with Gasteiger partial charge in [0.2, 0.25) is 11.8 Å². The van der Waals surface area contributed by atoms with Crippen molar-refractivity contribution >= 4 is 23.4 Å². The van der Waals surface area contributed by atoms with E-state index < -0.39 is 0 Å². The van der Waals surface area contributed by atoms with Gasteiger partial charge in [0, 0.05) is 23.5 Å². The van der Waals surface area contributed by atoms with Crippen molar-refractivity contribution in [2.75, 3.05) is 0 Å². The highest BCUT2D eigenvalue weighted by atomic mass is 16.2. The number of hydrogen-bond acceptors (Lipinski definition) is 4. The molecule has 5 heteroatoms. The van der Waals surface area contributed by atoms with Gasteiger partial charge in [-0.3, -0.25) is 24.5 Å². The molecule has 2 rings (SSSR count). The third kappa shape index (κ3) is 7.42. The first-order valence-corrected chi connectivity index (χ1v) is 8.72. The van der Waals surface area contributed by atoms with Gasteiger partial charge in [0.25, 0.3) is 0 Å². The summed E-state index contributed by atoms with van der Waals surface area (Å²) in [4.78, 5) is 43.8. The van der Waals surface area contributed by atoms with Crippen molar-refractivity contribution in [1.82, 2.24) is 5.32 Å². The van der Waals surface area contributed by atoms with Crippen LogP contribution in [0, 0.1) is 12.8 Å². The first-order chi connectivity index (χ1) is 11.8. The molecule has 0 aliphatic carbocycles. The Bertz CT molecular complexity index is 635. The van der Waals surface area contributed by atoms with Gasteiger partial charge in [-0.1, -0.05) is 38.5 Å². The maximum Gasteiger partial charge on any atom is 0.229 e. The topological polar surface area (TPSA) is 80.3 Å². The molecule has 1 heterocycles. The van der Waals surface area contributed by atoms with Gasteiger partial charge in [-0.2, -0.15) is 0 Å². The summed E-state index contributed by atoms with van der Waals surface area (Å²) in [6, 6.07) is 5.29. The number of aryl methyl sites for hydroxylation is 1. The summed E-state index contributed by atoms with van der Waals surface area (Å²) < 4.78 is 0. The smallest absolute Gasteiger partial charge is 0.229 e. The van der Waals surface area contributed by atoms with Crippen molar-refractivity contribution in [3.8, 4) is 0 Å². The molecular formula is C20H29NO4. The Hall–Kier alpha value is -2.30. The average molecular weight is 347 g/mol. The van der Waals surface area contributed by atoms with Crippen LogP contribution in [0.15, 0.2) is 18.2 Å². The molecule has 2 amide bonds. The quantitative estimate of drug-likeness (QED) is 0.665. The number of rotatable bonds is 3. The minimum absolute atomic E-state index is 0.0612. The van der Waals surface area contributed by atoms with Crippen molar-refractivity contribution < 1.29 is 19.2 Å². The van der Waals surface area contributed by atoms with E-state index in [9.17, 15) is 19.2 Å². The van der Waals surface area contributed by atoms with Crippen molar-refractivity contribution in [3.05, 3.63) is 34.9 Å². The molecule has 1 unspecified atom stereocenters. The van der Waals surface area contributed by atoms with Crippen molar-refractivity contribution in [3.63, 3.8) is 0 Å². The number of nitrogens with one attached hydrogen (secondary N) is 1. The van der Waals surface area contributed by atoms with Gasteiger partial charge >= 0.3 is 0 Å². The van der Waals surface area contributed by atoms with Crippen molar-refractivity contribution in [2.45, 2.75) is 60.8 Å². The highest BCUT2D eigenvalue weighted by Crippen LogP contribution is 2.15. The van der Waals surface area contributed by atoms with Crippen LogP contribution < -0.4 is 5.32 Å². The van der Waals surface area contributed by atoms with Gasteiger partial charge in [-0.15, -0.1) is 0 Å². The molecule has 1 N–H and O–H groups in total. The molecule has 1 saturated heterocycles. The SMILES string of the molecule is CC.CC(=O)c1ccc(C)cc1C(C)=O.CCC1CCC(=O)NC1=O. The number of carbonyl (C=O) groups is 4. The van der Waals surface area contributed by atoms with E-state index in [1.54, 1.807) is 12.1 Å². The van der Waals surface area contributed by atoms with E-state index in [1.165, 1.54) is 13.8 Å². The largest absolute Gasteiger partial charge is 0.296 e. The lowest BCUT2D eigenvalue weighted by Crippen LogP contribution is -2.40. The minimum Gasteiger partial charge on any atom is -0.296 e. The van der Waals surface area contributed by atoms with Crippen LogP contribution in [0.1, 0.15) is 80.2 Å². The second-order valence-electron chi connectivity index (χ2n) is 5.72. The number of Topliss-reactive ketones (excluding diaryl/α,β-unsaturated/α-hetero) is 2. The highest BCUT2D eigenvalue weighted by molar-refractivity contribution is 6.07. The molecule has 1 atom stereocenters. The lowest BCUT2D eigenvalue weighted by molar-refractivity contribution is -0.136. The Morgan fingerprint density at radius 1 is 1.08 bits per heavy atom. The summed E-state index contributed by atoms with van der Waals surface area (Å²) >= 11 is 0. The fourth-order valence-electron chi connectivity index (χ4n) is 2.38. The molecule has 1 aliphatic rings. The van der Waals surface area contributed by atoms with E-state index >= 15 is 0 Å². The number of ketones is 2. The lowest BCUT2D eigenvalue weighted by atomic mass is 9.96. The molecule has 1 aliphatic heterocycles. The molecule has 0 radical (unpaired) electrons. The fraction of sp³-hybridized carbons (Fsp3) is 0.500. The molecule has 0 bridgehead atoms. The average Bonchev–Trinajstić information content (AvgIpc) is 2.57. The summed E-state index contributed by atoms with van der Waals surface area (Å²) in [5, 5.41) is 2.30. The summed E-state index contributed by atoms with van der Waals surface area (Å²) in [5.74, 6) is -0.287. The molecular weight excluding hydrogens is 318 g/mol. The van der Waals surface area contributed by atoms with Gasteiger partial charge in [-0.25, -0.2) is 0 Å². The predicted octanol–water partition coefficient (Wildman–Crippen LogP) is 3.88. The molecule has 0 spiro atoms. The van der Waals surface area contributed by atoms with E-state index in [0.717, 1.165) is 18.4 Å². The van der Waals surface area contributed by atoms with Crippen molar-refractivity contribution in [2.24, 2.45) is 5.92 Å². The molecule has 138 valence electrons. The second kappa shape index (κ2) is 11.3. The monoisotopic (exact) mass is 347 g/mol. The van der Waals surface area contributed by atoms with E-state index in [0.29, 0.717) is 17.5 Å². The maximum absolute atomic E-state index is 11.2. The predicted molar refractivity (Wildman–Crippen MR) is 98.7 cm³/mol. The van der Waals surface area contributed by atoms with E-state index in [2.05, 4.69) is 5.32 Å². The molecule has 1 aromatic rings. The Labute approximate surface area is 150 Å². The number of piperidine rings is 1. The highest BCUT2D eigenvalue weighted by Gasteiger charge is 2.24. The number of amides is 2. The van der Waals surface area contributed by atoms with Crippen LogP contribution in [-0.4, -0.2) is 23.4 Å². The molecule has 0 aromatic heterocycles. The van der Waals surface area contributed by atoms with Crippen molar-refractivity contribution in [1.29, 1.82) is 0 Å². The van der Waals surface area contributed by atoms with Gasteiger partial charge < -0.3 is 0 Å². The van der Waals surface area contributed by atoms with Crippen LogP contribution in [0.25, 0.3) is 0 Å². The Morgan fingerprint density at radius 3 is 2.08 bits per heavy atom. The summed E-state index contributed by atoms with van der Waals surface area (Å²) in [6.45, 7) is 10.8. The fourth-order valence-corrected chi connectivity index (χ4v) is 2.38. The van der Waals surface area contributed by atoms with Gasteiger partial charge in [-0.05, 0) is 39.7 Å². The molecule has 0 saturated carbocycles. The number of benzene rings is 1. The third-order valence-corrected chi connectivity index (χ3v) is 3.78. The van der Waals surface area contributed by atoms with Crippen LogP contribution in [0.3, 0.4) is 0 Å². The third-order valence-electron chi connectivity index (χ3n) is 3.78. The van der Waals surface area contributed by atoms with E-state index in [-0.39, 0.29) is 29.3 Å². The first kappa shape index (κ1) is 22.7. The molecule has 5 nitrogen and oxygen atoms in total. The Morgan fingerprint density at radius 2 is 1.64 bits per heavy atom. The number of imide groups is 1. The second-order valence-corrected chi connectivity index (χ2v) is 5.72. The molecule has 1 fully saturated rings. The lowest BCUT2D eigenvalue weighted by Gasteiger charge is -2.18. The van der Waals surface area contributed by atoms with Crippen LogP contribution in [0.2, 0.25) is 0 Å². The van der Waals surface area contributed by atoms with Gasteiger partial charge in [0.05, 0.1) is 0 Å². The summed E-state index contributed by atoms with van der Waals surface area (Å²) in [6.07, 6.45) is 2.06. The summed E-state index contributed by atoms with van der Waals surface area (Å²) in [7, 11) is 0. The van der Waals surface area contributed by atoms with Crippen LogP contribution >= 0.6 is 0 Å². The van der Waals surface area contributed by atoms with E-state index in [1.807, 2.05) is 33.8 Å². The zero-order chi connectivity index (χ0) is 19.6. The van der Waals surface area contributed by atoms with Crippen LogP contribution in [-0.2, 0) is 9.59 Å². The van der Waals surface area contributed by atoms with Gasteiger partial charge in [0.1, 0.15) is 0 Å². The Balaban J connectivity index is 0.000000430. The zero-order valence-electron chi connectivity index (χ0n) is 16.1. The van der Waals surface area contributed by atoms with Crippen LogP contribution in [0.5, 0.6) is 0 Å². The Kier molecular flexibility index (Phi) is 10.2. The maximum atomic E-state index is 11.2. The number of carbonyl (C=O) groups excluding carboxylic acids is 4. The molecule has 25 heavy (non-hydrogen) atoms. The normalized spacial score (nSPS) is 15.8. The number of hydrogen-bond donors (Lipinski definition) is 1. The summed E-state index contributed by atoms with van der Waals surface area (Å²) in [5.41, 5.74) is 2.03. The standard InChI is InChI=1S/C11H12O2.C7H11NO2.C2H6/c1-7-4-5-10(8(2)12)11(6-7)9(3)13;1-2-5-3-4-6(9)8-7(5)10;1-2/h4-6H,1-3H3;5H,2-4H2,1H3,(H,8,9,10);1-2H3. The van der Waals surface area contributed by atoms with Gasteiger partial charge in [0.15, 0.2) is 11.6 Å². The molecule has 1 aromatic carbocycles. The minimum atomic E-state index is -0.130.